The molecule has 1 saturated heterocycles. The number of hydrogen-bond donors (Lipinski definition) is 2. The van der Waals surface area contributed by atoms with Crippen LogP contribution in [0.15, 0.2) is 60.8 Å². The van der Waals surface area contributed by atoms with Crippen LogP contribution in [0.3, 0.4) is 0 Å². The molecule has 10 heteroatoms. The van der Waals surface area contributed by atoms with Crippen molar-refractivity contribution >= 4 is 39.9 Å². The van der Waals surface area contributed by atoms with E-state index < -0.39 is 9.43 Å². The molecule has 0 spiro atoms. The van der Waals surface area contributed by atoms with E-state index >= 15 is 0 Å². The number of pyridine rings is 1. The smallest absolute Gasteiger partial charge is 0.170 e. The van der Waals surface area contributed by atoms with Gasteiger partial charge in [-0.05, 0) is 70.6 Å². The van der Waals surface area contributed by atoms with Crippen LogP contribution in [0.1, 0.15) is 22.9 Å². The molecule has 2 aromatic carbocycles. The Bertz CT molecular complexity index is 1220. The number of nitrogens with zero attached hydrogens (tertiary/aromatic N) is 4. The second-order valence-electron chi connectivity index (χ2n) is 8.48. The number of aliphatic hydroxyl groups excluding tert-OH is 1. The van der Waals surface area contributed by atoms with Gasteiger partial charge in [-0.25, -0.2) is 4.39 Å². The number of halogens is 3. The van der Waals surface area contributed by atoms with Crippen LogP contribution in [0.5, 0.6) is 5.75 Å². The lowest BCUT2D eigenvalue weighted by Gasteiger charge is -2.44. The van der Waals surface area contributed by atoms with Crippen LogP contribution in [-0.2, 0) is 3.61 Å². The number of rotatable bonds is 8. The van der Waals surface area contributed by atoms with E-state index in [1.807, 2.05) is 52.9 Å². The van der Waals surface area contributed by atoms with Crippen molar-refractivity contribution in [2.75, 3.05) is 44.3 Å². The Morgan fingerprint density at radius 1 is 1.19 bits per heavy atom. The number of aliphatic hydroxyl groups is 2. The maximum absolute atomic E-state index is 13.3. The highest BCUT2D eigenvalue weighted by molar-refractivity contribution is 14.1. The number of ether oxygens (including phenoxy) is 1. The van der Waals surface area contributed by atoms with Gasteiger partial charge in [0.2, 0.25) is 0 Å². The topological polar surface area (TPSA) is 92.9 Å². The van der Waals surface area contributed by atoms with Gasteiger partial charge in [-0.1, -0.05) is 23.7 Å². The Morgan fingerprint density at radius 3 is 2.64 bits per heavy atom. The van der Waals surface area contributed by atoms with Crippen molar-refractivity contribution in [3.05, 3.63) is 88.5 Å². The summed E-state index contributed by atoms with van der Waals surface area (Å²) in [4.78, 5) is 8.38. The van der Waals surface area contributed by atoms with Gasteiger partial charge in [-0.2, -0.15) is 5.26 Å². The maximum Gasteiger partial charge on any atom is 0.170 e. The molecule has 0 bridgehead atoms. The molecule has 1 fully saturated rings. The molecule has 188 valence electrons. The van der Waals surface area contributed by atoms with Crippen molar-refractivity contribution in [3.63, 3.8) is 0 Å². The minimum absolute atomic E-state index is 0.110. The van der Waals surface area contributed by atoms with E-state index in [-0.39, 0.29) is 19.3 Å². The first-order valence-corrected chi connectivity index (χ1v) is 12.8. The van der Waals surface area contributed by atoms with Gasteiger partial charge in [0.05, 0.1) is 35.8 Å². The quantitative estimate of drug-likeness (QED) is 0.287. The third-order valence-electron chi connectivity index (χ3n) is 6.03. The van der Waals surface area contributed by atoms with Gasteiger partial charge >= 0.3 is 0 Å². The summed E-state index contributed by atoms with van der Waals surface area (Å²) in [5.41, 5.74) is 2.66. The van der Waals surface area contributed by atoms with E-state index in [0.29, 0.717) is 48.2 Å². The number of aromatic nitrogens is 1. The summed E-state index contributed by atoms with van der Waals surface area (Å²) >= 11 is 8.09. The van der Waals surface area contributed by atoms with Crippen LogP contribution in [0.4, 0.5) is 10.1 Å². The molecule has 0 saturated carbocycles. The highest BCUT2D eigenvalue weighted by atomic mass is 127. The Hall–Kier alpha value is -2.49. The van der Waals surface area contributed by atoms with E-state index in [1.54, 1.807) is 12.1 Å². The van der Waals surface area contributed by atoms with Gasteiger partial charge in [0.1, 0.15) is 24.2 Å². The zero-order chi connectivity index (χ0) is 25.7. The average Bonchev–Trinajstić information content (AvgIpc) is 2.88. The van der Waals surface area contributed by atoms with Crippen LogP contribution in [-0.4, -0.2) is 59.5 Å². The monoisotopic (exact) mass is 622 g/mol. The number of piperazine rings is 1. The lowest BCUT2D eigenvalue weighted by Crippen LogP contribution is -2.51. The summed E-state index contributed by atoms with van der Waals surface area (Å²) in [6.07, 6.45) is 1.10. The summed E-state index contributed by atoms with van der Waals surface area (Å²) in [5, 5.41) is 30.7. The van der Waals surface area contributed by atoms with Crippen molar-refractivity contribution in [1.82, 2.24) is 9.88 Å². The van der Waals surface area contributed by atoms with E-state index in [1.165, 1.54) is 12.1 Å². The Morgan fingerprint density at radius 2 is 1.97 bits per heavy atom. The van der Waals surface area contributed by atoms with Gasteiger partial charge in [0.25, 0.3) is 0 Å². The SMILES string of the molecule is N#Cc1cc(OCCO)ccc1N1CCN(C[C@](O)(I)c2ccc(F)cn2)C[C@H]1c1ccc(Cl)cc1. The predicted molar refractivity (Wildman–Crippen MR) is 144 cm³/mol. The molecule has 4 rings (SSSR count). The molecule has 0 radical (unpaired) electrons. The number of alkyl halides is 1. The minimum atomic E-state index is -1.30. The van der Waals surface area contributed by atoms with Gasteiger partial charge in [0.15, 0.2) is 3.61 Å². The highest BCUT2D eigenvalue weighted by Gasteiger charge is 2.35. The van der Waals surface area contributed by atoms with Crippen LogP contribution in [0.2, 0.25) is 5.02 Å². The lowest BCUT2D eigenvalue weighted by molar-refractivity contribution is 0.0827. The van der Waals surface area contributed by atoms with Crippen LogP contribution in [0, 0.1) is 17.1 Å². The number of anilines is 1. The maximum atomic E-state index is 13.3. The molecule has 1 aliphatic heterocycles. The fourth-order valence-corrected chi connectivity index (χ4v) is 5.26. The third-order valence-corrected chi connectivity index (χ3v) is 7.18. The molecule has 2 heterocycles. The number of hydrogen-bond acceptors (Lipinski definition) is 7. The molecular formula is C26H25ClFIN4O3. The standard InChI is InChI=1S/C26H25ClFIN4O3/c27-20-3-1-18(2-4-20)24-16-32(17-26(29,35)25-8-5-21(28)15-31-25)9-10-33(24)23-7-6-22(36-12-11-34)13-19(23)14-30/h1-8,13,15,24,34-35H,9-12,16-17H2/t24-,26+/m0/s1. The first kappa shape index (κ1) is 26.6. The predicted octanol–water partition coefficient (Wildman–Crippen LogP) is 4.26. The first-order chi connectivity index (χ1) is 17.3. The molecule has 0 unspecified atom stereocenters. The zero-order valence-corrected chi connectivity index (χ0v) is 22.2. The summed E-state index contributed by atoms with van der Waals surface area (Å²) in [5.74, 6) is 0.0660. The van der Waals surface area contributed by atoms with Gasteiger partial charge in [0, 0.05) is 31.2 Å². The molecule has 0 amide bonds. The second-order valence-corrected chi connectivity index (χ2v) is 10.7. The van der Waals surface area contributed by atoms with E-state index in [9.17, 15) is 14.8 Å². The van der Waals surface area contributed by atoms with Crippen molar-refractivity contribution < 1.29 is 19.3 Å². The van der Waals surface area contributed by atoms with Gasteiger partial charge < -0.3 is 19.8 Å². The Labute approximate surface area is 227 Å². The number of β-amino-alcohol motifs (C(OH)–C–C–N with tert-alkyl or cyclic N) is 1. The summed E-state index contributed by atoms with van der Waals surface area (Å²) in [6.45, 7) is 2.14. The highest BCUT2D eigenvalue weighted by Crippen LogP contribution is 2.37. The lowest BCUT2D eigenvalue weighted by atomic mass is 9.99. The van der Waals surface area contributed by atoms with Gasteiger partial charge in [-0.3, -0.25) is 9.88 Å². The Balaban J connectivity index is 1.62. The minimum Gasteiger partial charge on any atom is -0.491 e. The first-order valence-electron chi connectivity index (χ1n) is 11.4. The molecule has 7 nitrogen and oxygen atoms in total. The summed E-state index contributed by atoms with van der Waals surface area (Å²) in [6, 6.07) is 17.9. The number of nitriles is 1. The molecule has 1 aromatic heterocycles. The molecular weight excluding hydrogens is 598 g/mol. The second kappa shape index (κ2) is 11.7. The van der Waals surface area contributed by atoms with E-state index in [4.69, 9.17) is 21.4 Å². The van der Waals surface area contributed by atoms with E-state index in [2.05, 4.69) is 20.9 Å². The summed E-state index contributed by atoms with van der Waals surface area (Å²) in [7, 11) is 0. The largest absolute Gasteiger partial charge is 0.491 e. The summed E-state index contributed by atoms with van der Waals surface area (Å²) < 4.78 is 17.5. The normalized spacial score (nSPS) is 17.9. The van der Waals surface area contributed by atoms with Crippen LogP contribution in [0.25, 0.3) is 0 Å². The van der Waals surface area contributed by atoms with Crippen LogP contribution < -0.4 is 9.64 Å². The average molecular weight is 623 g/mol. The number of benzene rings is 2. The Kier molecular flexibility index (Phi) is 8.64. The van der Waals surface area contributed by atoms with Crippen molar-refractivity contribution in [2.24, 2.45) is 0 Å². The molecule has 2 N–H and O–H groups in total. The third kappa shape index (κ3) is 6.25. The molecule has 3 aromatic rings. The molecule has 0 aliphatic carbocycles. The fraction of sp³-hybridized carbons (Fsp3) is 0.308. The van der Waals surface area contributed by atoms with E-state index in [0.717, 1.165) is 17.4 Å². The van der Waals surface area contributed by atoms with Gasteiger partial charge in [-0.15, -0.1) is 0 Å². The van der Waals surface area contributed by atoms with Crippen LogP contribution >= 0.6 is 34.2 Å². The fourth-order valence-electron chi connectivity index (χ4n) is 4.33. The van der Waals surface area contributed by atoms with Crippen molar-refractivity contribution in [3.8, 4) is 11.8 Å². The molecule has 1 aliphatic rings. The van der Waals surface area contributed by atoms with Crippen molar-refractivity contribution in [1.29, 1.82) is 5.26 Å². The molecule has 36 heavy (non-hydrogen) atoms. The molecule has 2 atom stereocenters. The zero-order valence-electron chi connectivity index (χ0n) is 19.3. The van der Waals surface area contributed by atoms with Crippen molar-refractivity contribution in [2.45, 2.75) is 9.65 Å².